The largest absolute Gasteiger partial charge is 0.508 e. The summed E-state index contributed by atoms with van der Waals surface area (Å²) in [4.78, 5) is 89.5. The minimum atomic E-state index is -0.759. The number of para-hydroxylation sites is 2. The van der Waals surface area contributed by atoms with Crippen LogP contribution in [0.4, 0.5) is 0 Å². The minimum absolute atomic E-state index is 0.0794. The molecule has 0 radical (unpaired) electrons. The Hall–Kier alpha value is -9.30. The molecular weight excluding hydrogens is 1560 g/mol. The van der Waals surface area contributed by atoms with Gasteiger partial charge in [0.1, 0.15) is 45.3 Å². The lowest BCUT2D eigenvalue weighted by molar-refractivity contribution is -0.153. The summed E-state index contributed by atoms with van der Waals surface area (Å²) in [5, 5.41) is 59.1. The maximum Gasteiger partial charge on any atom is 0.317 e. The number of hydrogen-bond donors (Lipinski definition) is 6. The van der Waals surface area contributed by atoms with E-state index < -0.39 is 32.5 Å². The first-order chi connectivity index (χ1) is 58.5. The highest BCUT2D eigenvalue weighted by molar-refractivity contribution is 5.88. The first-order valence-electron chi connectivity index (χ1n) is 44.2. The van der Waals surface area contributed by atoms with Crippen molar-refractivity contribution in [3.05, 3.63) is 179 Å². The van der Waals surface area contributed by atoms with Crippen molar-refractivity contribution in [1.29, 1.82) is 0 Å². The molecule has 6 aromatic carbocycles. The first kappa shape index (κ1) is 101. The fraction of sp³-hybridized carbons (Fsp3) is 0.576. The fourth-order valence-electron chi connectivity index (χ4n) is 20.7. The molecule has 6 aromatic rings. The lowest BCUT2D eigenvalue weighted by Gasteiger charge is -2.36. The number of rotatable bonds is 15. The van der Waals surface area contributed by atoms with Crippen LogP contribution in [0.25, 0.3) is 0 Å². The van der Waals surface area contributed by atoms with Gasteiger partial charge >= 0.3 is 35.8 Å². The number of ether oxygens (including phenoxy) is 6. The van der Waals surface area contributed by atoms with Crippen LogP contribution < -0.4 is 0 Å². The lowest BCUT2D eigenvalue weighted by Crippen LogP contribution is -2.45. The molecule has 6 aliphatic heterocycles. The number of carbonyl (C=O) groups excluding carboxylic acids is 6. The normalized spacial score (nSPS) is 27.5. The monoisotopic (exact) mass is 1710 g/mol. The molecule has 6 heterocycles. The number of hydrogen-bond acceptors (Lipinski definition) is 24. The highest BCUT2D eigenvalue weighted by atomic mass is 16.5. The lowest BCUT2D eigenvalue weighted by atomic mass is 9.68. The standard InChI is InChI=1S/3C17H25NO3.3C16H23NO3/c1-4-21-16(20)17(14-6-8-15(19)9-7-14)10-5-11-18(3)12-13(17)2;1-4-21-16(20)17(14-7-5-8-15(19)11-14)9-6-10-18(3)12-13(17)2;1-4-21-16(20)17(14-8-5-6-9-15(14)19)10-7-11-18(3)12-13(17)2;1-12-11-17(2)10-4-9-16(12,15(19)20-3)13-5-7-14(18)8-6-13;1-12-11-17(2)9-5-8-16(12,15(19)20-3)13-6-4-7-14(18)10-13;1-12-11-17(2)10-6-9-16(12,15(19)20-3)13-7-4-5-8-14(13)18/h6-9,13,19H,4-5,10-12H2,1-3H3;5,7-8,11,13,19H,4,6,9-10,12H2,1-3H3;5-6,8-9,13,19H,4,7,10-12H2,1-3H3;5-8,12,18H,4,9-11H2,1-3H3;4,6-7,10,12,18H,5,8-9,11H2,1-3H3;4-5,7-8,12,18H,6,9-11H2,1-3H3. The Morgan fingerprint density at radius 3 is 0.789 bits per heavy atom. The molecule has 6 saturated heterocycles. The van der Waals surface area contributed by atoms with Crippen molar-refractivity contribution in [3.63, 3.8) is 0 Å². The molecule has 24 heteroatoms. The van der Waals surface area contributed by atoms with Crippen molar-refractivity contribution in [2.75, 3.05) is 162 Å². The molecular formula is C99H144N6O18. The summed E-state index contributed by atoms with van der Waals surface area (Å²) < 4.78 is 31.5. The number of phenolic OH excluding ortho intramolecular Hbond substituents is 6. The molecule has 0 aliphatic carbocycles. The topological polar surface area (TPSA) is 299 Å². The van der Waals surface area contributed by atoms with Crippen molar-refractivity contribution < 1.29 is 87.8 Å². The van der Waals surface area contributed by atoms with E-state index in [1.54, 1.807) is 84.9 Å². The van der Waals surface area contributed by atoms with E-state index in [0.29, 0.717) is 43.8 Å². The van der Waals surface area contributed by atoms with Crippen molar-refractivity contribution >= 4 is 35.8 Å². The van der Waals surface area contributed by atoms with E-state index in [1.807, 2.05) is 81.4 Å². The average molecular weight is 1710 g/mol. The van der Waals surface area contributed by atoms with E-state index in [0.717, 1.165) is 165 Å². The van der Waals surface area contributed by atoms with Gasteiger partial charge in [-0.1, -0.05) is 126 Å². The summed E-state index contributed by atoms with van der Waals surface area (Å²) in [6.07, 6.45) is 10.1. The van der Waals surface area contributed by atoms with Gasteiger partial charge in [-0.15, -0.1) is 0 Å². The molecule has 0 amide bonds. The predicted molar refractivity (Wildman–Crippen MR) is 480 cm³/mol. The van der Waals surface area contributed by atoms with Gasteiger partial charge in [0.05, 0.1) is 62.8 Å². The molecule has 6 fully saturated rings. The third-order valence-corrected chi connectivity index (χ3v) is 27.1. The molecule has 0 spiro atoms. The molecule has 12 atom stereocenters. The fourth-order valence-corrected chi connectivity index (χ4v) is 20.7. The van der Waals surface area contributed by atoms with E-state index in [4.69, 9.17) is 28.4 Å². The Labute approximate surface area is 732 Å². The van der Waals surface area contributed by atoms with Crippen LogP contribution in [0.15, 0.2) is 146 Å². The maximum absolute atomic E-state index is 12.8. The molecule has 123 heavy (non-hydrogen) atoms. The van der Waals surface area contributed by atoms with Crippen LogP contribution >= 0.6 is 0 Å². The second-order valence-electron chi connectivity index (χ2n) is 35.3. The maximum atomic E-state index is 12.8. The van der Waals surface area contributed by atoms with Crippen LogP contribution in [0.5, 0.6) is 34.5 Å². The highest BCUT2D eigenvalue weighted by Crippen LogP contribution is 2.49. The van der Waals surface area contributed by atoms with Crippen LogP contribution in [-0.4, -0.2) is 258 Å². The van der Waals surface area contributed by atoms with Gasteiger partial charge in [0.2, 0.25) is 0 Å². The Morgan fingerprint density at radius 2 is 0.520 bits per heavy atom. The zero-order chi connectivity index (χ0) is 90.6. The molecule has 678 valence electrons. The number of benzene rings is 6. The van der Waals surface area contributed by atoms with Gasteiger partial charge < -0.3 is 88.5 Å². The van der Waals surface area contributed by atoms with Gasteiger partial charge in [-0.2, -0.15) is 0 Å². The first-order valence-corrected chi connectivity index (χ1v) is 44.2. The Morgan fingerprint density at radius 1 is 0.293 bits per heavy atom. The zero-order valence-electron chi connectivity index (χ0n) is 76.7. The van der Waals surface area contributed by atoms with Crippen LogP contribution in [-0.2, 0) is 89.7 Å². The number of nitrogens with zero attached hydrogens (tertiary/aromatic N) is 6. The smallest absolute Gasteiger partial charge is 0.317 e. The van der Waals surface area contributed by atoms with Gasteiger partial charge in [0, 0.05) is 50.4 Å². The van der Waals surface area contributed by atoms with Gasteiger partial charge in [0.25, 0.3) is 0 Å². The van der Waals surface area contributed by atoms with Gasteiger partial charge in [-0.05, 0) is 298 Å². The summed E-state index contributed by atoms with van der Waals surface area (Å²) in [5.41, 5.74) is 0.902. The number of esters is 6. The second-order valence-corrected chi connectivity index (χ2v) is 35.3. The number of methoxy groups -OCH3 is 3. The van der Waals surface area contributed by atoms with E-state index in [9.17, 15) is 59.4 Å². The predicted octanol–water partition coefficient (Wildman–Crippen LogP) is 14.2. The highest BCUT2D eigenvalue weighted by Gasteiger charge is 2.54. The van der Waals surface area contributed by atoms with Gasteiger partial charge in [-0.3, -0.25) is 28.8 Å². The quantitative estimate of drug-likeness (QED) is 0.0411. The number of carbonyl (C=O) groups is 6. The van der Waals surface area contributed by atoms with E-state index in [1.165, 1.54) is 21.3 Å². The summed E-state index contributed by atoms with van der Waals surface area (Å²) in [5.74, 6) is 0.768. The van der Waals surface area contributed by atoms with Crippen molar-refractivity contribution in [2.24, 2.45) is 35.5 Å². The second kappa shape index (κ2) is 46.6. The molecule has 12 unspecified atom stereocenters. The summed E-state index contributed by atoms with van der Waals surface area (Å²) >= 11 is 0. The molecule has 0 saturated carbocycles. The van der Waals surface area contributed by atoms with E-state index >= 15 is 0 Å². The molecule has 0 aromatic heterocycles. The number of phenols is 6. The SMILES string of the molecule is CCOC(=O)C1(c2ccc(O)cc2)CCCN(C)CC1C.CCOC(=O)C1(c2cccc(O)c2)CCCN(C)CC1C.CCOC(=O)C1(c2ccccc2O)CCCN(C)CC1C.COC(=O)C1(c2ccc(O)cc2)CCCN(C)CC1C.COC(=O)C1(c2cccc(O)c2)CCCN(C)CC1C.COC(=O)C1(c2ccccc2O)CCCN(C)CC1C. The van der Waals surface area contributed by atoms with Crippen LogP contribution in [0.2, 0.25) is 0 Å². The molecule has 6 aliphatic rings. The Kier molecular flexibility index (Phi) is 38.2. The molecule has 12 rings (SSSR count). The number of likely N-dealkylation sites (tertiary alicyclic amines) is 6. The van der Waals surface area contributed by atoms with E-state index in [-0.39, 0.29) is 106 Å². The molecule has 6 N–H and O–H groups in total. The average Bonchev–Trinajstić information content (AvgIpc) is 1.75. The van der Waals surface area contributed by atoms with Gasteiger partial charge in [-0.25, -0.2) is 0 Å². The van der Waals surface area contributed by atoms with Crippen LogP contribution in [0.1, 0.15) is 173 Å². The zero-order valence-corrected chi connectivity index (χ0v) is 76.7. The molecule has 24 nitrogen and oxygen atoms in total. The third kappa shape index (κ3) is 23.6. The minimum Gasteiger partial charge on any atom is -0.508 e. The Bertz CT molecular complexity index is 4340. The number of aromatic hydroxyl groups is 6. The summed E-state index contributed by atoms with van der Waals surface area (Å²) in [7, 11) is 16.8. The Balaban J connectivity index is 0.000000203. The van der Waals surface area contributed by atoms with Crippen molar-refractivity contribution in [3.8, 4) is 34.5 Å². The molecule has 0 bridgehead atoms. The van der Waals surface area contributed by atoms with Crippen molar-refractivity contribution in [2.45, 2.75) is 172 Å². The van der Waals surface area contributed by atoms with Crippen molar-refractivity contribution in [1.82, 2.24) is 29.4 Å². The van der Waals surface area contributed by atoms with Gasteiger partial charge in [0.15, 0.2) is 0 Å². The van der Waals surface area contributed by atoms with E-state index in [2.05, 4.69) is 113 Å². The van der Waals surface area contributed by atoms with Crippen LogP contribution in [0, 0.1) is 35.5 Å². The third-order valence-electron chi connectivity index (χ3n) is 27.1. The van der Waals surface area contributed by atoms with Crippen LogP contribution in [0.3, 0.4) is 0 Å². The summed E-state index contributed by atoms with van der Waals surface area (Å²) in [6.45, 7) is 30.0. The summed E-state index contributed by atoms with van der Waals surface area (Å²) in [6, 6.07) is 42.3.